The van der Waals surface area contributed by atoms with Crippen LogP contribution >= 0.6 is 0 Å². The highest BCUT2D eigenvalue weighted by molar-refractivity contribution is 5.76. The van der Waals surface area contributed by atoms with Gasteiger partial charge in [0.25, 0.3) is 0 Å². The van der Waals surface area contributed by atoms with Crippen LogP contribution in [-0.2, 0) is 16.0 Å². The Hall–Kier alpha value is -1.43. The number of likely N-dealkylation sites (tertiary alicyclic amines) is 1. The van der Waals surface area contributed by atoms with Crippen LogP contribution in [0.3, 0.4) is 0 Å². The first kappa shape index (κ1) is 18.9. The summed E-state index contributed by atoms with van der Waals surface area (Å²) in [5, 5.41) is 12.9. The lowest BCUT2D eigenvalue weighted by molar-refractivity contribution is -0.122. The van der Waals surface area contributed by atoms with Crippen LogP contribution in [0.25, 0.3) is 0 Å². The third kappa shape index (κ3) is 6.23. The molecule has 1 fully saturated rings. The highest BCUT2D eigenvalue weighted by Crippen LogP contribution is 2.13. The van der Waals surface area contributed by atoms with E-state index in [0.29, 0.717) is 19.6 Å². The molecule has 1 atom stereocenters. The average Bonchev–Trinajstić information content (AvgIpc) is 2.56. The second kappa shape index (κ2) is 9.77. The standard InChI is InChI=1S/C19H30N2O3/c1-15-5-3-4-6-16(15)7-8-19(23)20-17-9-11-21(12-10-17)13-18(22)14-24-2/h3-6,17-18,22H,7-14H2,1-2H3,(H,20,23). The van der Waals surface area contributed by atoms with Crippen LogP contribution in [-0.4, -0.2) is 61.4 Å². The van der Waals surface area contributed by atoms with Gasteiger partial charge in [0.05, 0.1) is 12.7 Å². The maximum absolute atomic E-state index is 12.2. The van der Waals surface area contributed by atoms with Gasteiger partial charge in [0.1, 0.15) is 0 Å². The number of carbonyl (C=O) groups is 1. The van der Waals surface area contributed by atoms with Crippen LogP contribution in [0.1, 0.15) is 30.4 Å². The van der Waals surface area contributed by atoms with Gasteiger partial charge < -0.3 is 20.1 Å². The molecule has 1 saturated heterocycles. The molecule has 2 N–H and O–H groups in total. The number of ether oxygens (including phenoxy) is 1. The van der Waals surface area contributed by atoms with Crippen LogP contribution in [0, 0.1) is 6.92 Å². The number of aliphatic hydroxyl groups is 1. The van der Waals surface area contributed by atoms with E-state index in [1.807, 2.05) is 12.1 Å². The maximum atomic E-state index is 12.2. The van der Waals surface area contributed by atoms with Gasteiger partial charge in [0.2, 0.25) is 5.91 Å². The molecule has 0 aromatic heterocycles. The van der Waals surface area contributed by atoms with E-state index < -0.39 is 6.10 Å². The Bertz CT molecular complexity index is 513. The normalized spacial score (nSPS) is 17.6. The van der Waals surface area contributed by atoms with Crippen molar-refractivity contribution >= 4 is 5.91 Å². The first-order valence-electron chi connectivity index (χ1n) is 8.81. The minimum atomic E-state index is -0.435. The molecule has 2 rings (SSSR count). The Morgan fingerprint density at radius 2 is 2.08 bits per heavy atom. The quantitative estimate of drug-likeness (QED) is 0.757. The van der Waals surface area contributed by atoms with E-state index in [0.717, 1.165) is 32.4 Å². The molecule has 0 radical (unpaired) electrons. The number of β-amino-alcohol motifs (C(OH)–C–C–N with tert-alkyl or cyclic N) is 1. The van der Waals surface area contributed by atoms with Gasteiger partial charge >= 0.3 is 0 Å². The summed E-state index contributed by atoms with van der Waals surface area (Å²) in [7, 11) is 1.60. The van der Waals surface area contributed by atoms with Crippen LogP contribution in [0.2, 0.25) is 0 Å². The molecule has 134 valence electrons. The third-order valence-corrected chi connectivity index (χ3v) is 4.66. The van der Waals surface area contributed by atoms with Crippen molar-refractivity contribution in [3.8, 4) is 0 Å². The van der Waals surface area contributed by atoms with Crippen molar-refractivity contribution < 1.29 is 14.6 Å². The van der Waals surface area contributed by atoms with Gasteiger partial charge in [-0.15, -0.1) is 0 Å². The molecule has 1 heterocycles. The summed E-state index contributed by atoms with van der Waals surface area (Å²) in [6.45, 7) is 4.91. The fourth-order valence-corrected chi connectivity index (χ4v) is 3.24. The molecular weight excluding hydrogens is 304 g/mol. The third-order valence-electron chi connectivity index (χ3n) is 4.66. The maximum Gasteiger partial charge on any atom is 0.220 e. The van der Waals surface area contributed by atoms with Gasteiger partial charge in [-0.2, -0.15) is 0 Å². The minimum Gasteiger partial charge on any atom is -0.389 e. The molecule has 0 aliphatic carbocycles. The van der Waals surface area contributed by atoms with Crippen molar-refractivity contribution in [2.75, 3.05) is 33.4 Å². The Morgan fingerprint density at radius 1 is 1.38 bits per heavy atom. The van der Waals surface area contributed by atoms with Crippen molar-refractivity contribution in [3.63, 3.8) is 0 Å². The predicted molar refractivity (Wildman–Crippen MR) is 95.0 cm³/mol. The van der Waals surface area contributed by atoms with Crippen LogP contribution < -0.4 is 5.32 Å². The summed E-state index contributed by atoms with van der Waals surface area (Å²) in [5.41, 5.74) is 2.49. The number of benzene rings is 1. The van der Waals surface area contributed by atoms with Gasteiger partial charge in [-0.05, 0) is 37.3 Å². The number of aliphatic hydroxyl groups excluding tert-OH is 1. The highest BCUT2D eigenvalue weighted by Gasteiger charge is 2.22. The Morgan fingerprint density at radius 3 is 2.75 bits per heavy atom. The number of aryl methyl sites for hydroxylation is 2. The lowest BCUT2D eigenvalue weighted by atomic mass is 10.0. The molecule has 1 amide bonds. The molecule has 1 aliphatic rings. The minimum absolute atomic E-state index is 0.135. The predicted octanol–water partition coefficient (Wildman–Crippen LogP) is 1.52. The fourth-order valence-electron chi connectivity index (χ4n) is 3.24. The number of nitrogens with zero attached hydrogens (tertiary/aromatic N) is 1. The van der Waals surface area contributed by atoms with Crippen LogP contribution in [0.5, 0.6) is 0 Å². The molecule has 1 unspecified atom stereocenters. The van der Waals surface area contributed by atoms with Crippen molar-refractivity contribution in [2.24, 2.45) is 0 Å². The zero-order chi connectivity index (χ0) is 17.4. The van der Waals surface area contributed by atoms with Crippen LogP contribution in [0.15, 0.2) is 24.3 Å². The topological polar surface area (TPSA) is 61.8 Å². The number of hydrogen-bond acceptors (Lipinski definition) is 4. The zero-order valence-corrected chi connectivity index (χ0v) is 14.8. The van der Waals surface area contributed by atoms with Crippen molar-refractivity contribution in [3.05, 3.63) is 35.4 Å². The molecule has 1 aromatic carbocycles. The molecule has 24 heavy (non-hydrogen) atoms. The summed E-state index contributed by atoms with van der Waals surface area (Å²) in [6.07, 6.45) is 2.78. The van der Waals surface area contributed by atoms with Gasteiger partial charge in [-0.25, -0.2) is 0 Å². The Kier molecular flexibility index (Phi) is 7.69. The Balaban J connectivity index is 1.66. The zero-order valence-electron chi connectivity index (χ0n) is 14.8. The molecule has 0 saturated carbocycles. The second-order valence-electron chi connectivity index (χ2n) is 6.68. The summed E-state index contributed by atoms with van der Waals surface area (Å²) >= 11 is 0. The summed E-state index contributed by atoms with van der Waals surface area (Å²) in [5.74, 6) is 0.135. The summed E-state index contributed by atoms with van der Waals surface area (Å²) in [6, 6.07) is 8.47. The number of rotatable bonds is 8. The fraction of sp³-hybridized carbons (Fsp3) is 0.632. The van der Waals surface area contributed by atoms with E-state index in [4.69, 9.17) is 4.74 Å². The largest absolute Gasteiger partial charge is 0.389 e. The number of amides is 1. The van der Waals surface area contributed by atoms with Gasteiger partial charge in [-0.3, -0.25) is 4.79 Å². The molecule has 5 heteroatoms. The van der Waals surface area contributed by atoms with E-state index in [1.165, 1.54) is 11.1 Å². The van der Waals surface area contributed by atoms with E-state index in [9.17, 15) is 9.90 Å². The van der Waals surface area contributed by atoms with Crippen LogP contribution in [0.4, 0.5) is 0 Å². The number of piperidine rings is 1. The van der Waals surface area contributed by atoms with E-state index >= 15 is 0 Å². The first-order chi connectivity index (χ1) is 11.6. The summed E-state index contributed by atoms with van der Waals surface area (Å²) < 4.78 is 4.96. The van der Waals surface area contributed by atoms with Gasteiger partial charge in [-0.1, -0.05) is 24.3 Å². The number of nitrogens with one attached hydrogen (secondary N) is 1. The van der Waals surface area contributed by atoms with E-state index in [1.54, 1.807) is 7.11 Å². The average molecular weight is 334 g/mol. The van der Waals surface area contributed by atoms with E-state index in [2.05, 4.69) is 29.3 Å². The molecule has 0 bridgehead atoms. The number of methoxy groups -OCH3 is 1. The second-order valence-corrected chi connectivity index (χ2v) is 6.68. The first-order valence-corrected chi connectivity index (χ1v) is 8.81. The summed E-state index contributed by atoms with van der Waals surface area (Å²) in [4.78, 5) is 14.4. The molecule has 1 aliphatic heterocycles. The molecule has 1 aromatic rings. The monoisotopic (exact) mass is 334 g/mol. The number of hydrogen-bond donors (Lipinski definition) is 2. The lowest BCUT2D eigenvalue weighted by Gasteiger charge is -2.33. The smallest absolute Gasteiger partial charge is 0.220 e. The SMILES string of the molecule is COCC(O)CN1CCC(NC(=O)CCc2ccccc2C)CC1. The van der Waals surface area contributed by atoms with E-state index in [-0.39, 0.29) is 11.9 Å². The van der Waals surface area contributed by atoms with Gasteiger partial charge in [0.15, 0.2) is 0 Å². The Labute approximate surface area is 145 Å². The number of carbonyl (C=O) groups excluding carboxylic acids is 1. The molecular formula is C19H30N2O3. The molecule has 5 nitrogen and oxygen atoms in total. The van der Waals surface area contributed by atoms with Crippen molar-refractivity contribution in [1.29, 1.82) is 0 Å². The van der Waals surface area contributed by atoms with Gasteiger partial charge in [0, 0.05) is 39.2 Å². The lowest BCUT2D eigenvalue weighted by Crippen LogP contribution is -2.47. The van der Waals surface area contributed by atoms with Crippen molar-refractivity contribution in [1.82, 2.24) is 10.2 Å². The van der Waals surface area contributed by atoms with Crippen molar-refractivity contribution in [2.45, 2.75) is 44.8 Å². The highest BCUT2D eigenvalue weighted by atomic mass is 16.5. The molecule has 0 spiro atoms.